The zero-order valence-corrected chi connectivity index (χ0v) is 17.7. The molecule has 0 spiro atoms. The molecule has 0 atom stereocenters. The van der Waals surface area contributed by atoms with Gasteiger partial charge in [-0.1, -0.05) is 6.07 Å². The number of nitro benzene ring substituents is 1. The molecule has 0 radical (unpaired) electrons. The van der Waals surface area contributed by atoms with Gasteiger partial charge in [0.1, 0.15) is 17.9 Å². The SMILES string of the molecule is CC(C)(C)OC(=O)Nc1ccc2c(c1)N(CC(=O)Nc1cccc([N+](=O)[O-])c1)C(=O)CO2. The van der Waals surface area contributed by atoms with E-state index < -0.39 is 28.4 Å². The van der Waals surface area contributed by atoms with Crippen LogP contribution in [0.1, 0.15) is 20.8 Å². The lowest BCUT2D eigenvalue weighted by Gasteiger charge is -2.29. The molecule has 11 heteroatoms. The van der Waals surface area contributed by atoms with Crippen molar-refractivity contribution < 1.29 is 28.8 Å². The van der Waals surface area contributed by atoms with Crippen molar-refractivity contribution in [3.63, 3.8) is 0 Å². The van der Waals surface area contributed by atoms with Crippen LogP contribution in [0.4, 0.5) is 27.5 Å². The lowest BCUT2D eigenvalue weighted by atomic mass is 10.2. The number of benzene rings is 2. The highest BCUT2D eigenvalue weighted by Gasteiger charge is 2.28. The first-order valence-corrected chi connectivity index (χ1v) is 9.63. The monoisotopic (exact) mass is 442 g/mol. The Kier molecular flexibility index (Phi) is 6.28. The summed E-state index contributed by atoms with van der Waals surface area (Å²) in [7, 11) is 0. The molecule has 168 valence electrons. The number of rotatable bonds is 5. The van der Waals surface area contributed by atoms with Gasteiger partial charge >= 0.3 is 6.09 Å². The van der Waals surface area contributed by atoms with Crippen LogP contribution in [0.3, 0.4) is 0 Å². The van der Waals surface area contributed by atoms with E-state index in [0.717, 1.165) is 0 Å². The molecule has 0 saturated carbocycles. The Labute approximate surface area is 183 Å². The Morgan fingerprint density at radius 2 is 1.88 bits per heavy atom. The normalized spacial score (nSPS) is 13.0. The molecule has 32 heavy (non-hydrogen) atoms. The van der Waals surface area contributed by atoms with Crippen LogP contribution < -0.4 is 20.3 Å². The molecular formula is C21H22N4O7. The molecule has 2 aromatic carbocycles. The average Bonchev–Trinajstić information content (AvgIpc) is 2.69. The summed E-state index contributed by atoms with van der Waals surface area (Å²) in [5.41, 5.74) is 0.0110. The van der Waals surface area contributed by atoms with Gasteiger partial charge in [-0.05, 0) is 45.0 Å². The fourth-order valence-electron chi connectivity index (χ4n) is 2.92. The maximum absolute atomic E-state index is 12.5. The highest BCUT2D eigenvalue weighted by molar-refractivity contribution is 6.05. The number of amides is 3. The van der Waals surface area contributed by atoms with Gasteiger partial charge in [0.15, 0.2) is 6.61 Å². The van der Waals surface area contributed by atoms with Gasteiger partial charge in [-0.3, -0.25) is 29.9 Å². The lowest BCUT2D eigenvalue weighted by Crippen LogP contribution is -2.43. The zero-order chi connectivity index (χ0) is 23.5. The number of nitrogens with zero attached hydrogens (tertiary/aromatic N) is 2. The second-order valence-corrected chi connectivity index (χ2v) is 7.93. The maximum atomic E-state index is 12.5. The van der Waals surface area contributed by atoms with Gasteiger partial charge in [0, 0.05) is 23.5 Å². The van der Waals surface area contributed by atoms with E-state index in [1.807, 2.05) is 0 Å². The van der Waals surface area contributed by atoms with E-state index in [2.05, 4.69) is 10.6 Å². The van der Waals surface area contributed by atoms with Crippen molar-refractivity contribution >= 4 is 40.7 Å². The van der Waals surface area contributed by atoms with Crippen molar-refractivity contribution in [2.75, 3.05) is 28.7 Å². The molecule has 0 bridgehead atoms. The standard InChI is InChI=1S/C21H22N4O7/c1-21(2,3)32-20(28)23-14-7-8-17-16(10-14)24(19(27)12-31-17)11-18(26)22-13-5-4-6-15(9-13)25(29)30/h4-10H,11-12H2,1-3H3,(H,22,26)(H,23,28). The number of ether oxygens (including phenoxy) is 2. The molecule has 1 heterocycles. The van der Waals surface area contributed by atoms with Crippen molar-refractivity contribution in [3.05, 3.63) is 52.6 Å². The van der Waals surface area contributed by atoms with Crippen LogP contribution in [-0.4, -0.2) is 41.6 Å². The third kappa shape index (κ3) is 5.72. The number of fused-ring (bicyclic) bond motifs is 1. The quantitative estimate of drug-likeness (QED) is 0.535. The van der Waals surface area contributed by atoms with E-state index in [9.17, 15) is 24.5 Å². The molecule has 0 saturated heterocycles. The Morgan fingerprint density at radius 1 is 1.16 bits per heavy atom. The van der Waals surface area contributed by atoms with E-state index >= 15 is 0 Å². The topological polar surface area (TPSA) is 140 Å². The number of hydrogen-bond donors (Lipinski definition) is 2. The summed E-state index contributed by atoms with van der Waals surface area (Å²) in [6.07, 6.45) is -0.671. The number of non-ortho nitro benzene ring substituents is 1. The molecule has 3 rings (SSSR count). The predicted molar refractivity (Wildman–Crippen MR) is 116 cm³/mol. The molecular weight excluding hydrogens is 420 g/mol. The number of nitrogens with one attached hydrogen (secondary N) is 2. The molecule has 2 N–H and O–H groups in total. The highest BCUT2D eigenvalue weighted by atomic mass is 16.6. The maximum Gasteiger partial charge on any atom is 0.412 e. The van der Waals surface area contributed by atoms with Gasteiger partial charge in [-0.25, -0.2) is 4.79 Å². The molecule has 0 aromatic heterocycles. The van der Waals surface area contributed by atoms with E-state index in [4.69, 9.17) is 9.47 Å². The summed E-state index contributed by atoms with van der Waals surface area (Å²) in [4.78, 5) is 48.6. The summed E-state index contributed by atoms with van der Waals surface area (Å²) >= 11 is 0. The first-order chi connectivity index (χ1) is 15.0. The third-order valence-corrected chi connectivity index (χ3v) is 4.19. The molecule has 1 aliphatic rings. The van der Waals surface area contributed by atoms with Crippen LogP contribution in [0.5, 0.6) is 5.75 Å². The van der Waals surface area contributed by atoms with E-state index in [0.29, 0.717) is 17.1 Å². The number of nitro groups is 1. The fraction of sp³-hybridized carbons (Fsp3) is 0.286. The first-order valence-electron chi connectivity index (χ1n) is 9.63. The van der Waals surface area contributed by atoms with Gasteiger partial charge in [-0.2, -0.15) is 0 Å². The molecule has 11 nitrogen and oxygen atoms in total. The summed E-state index contributed by atoms with van der Waals surface area (Å²) in [6.45, 7) is 4.58. The van der Waals surface area contributed by atoms with Gasteiger partial charge in [0.25, 0.3) is 11.6 Å². The van der Waals surface area contributed by atoms with Gasteiger partial charge in [-0.15, -0.1) is 0 Å². The average molecular weight is 442 g/mol. The van der Waals surface area contributed by atoms with Crippen LogP contribution in [0.25, 0.3) is 0 Å². The second-order valence-electron chi connectivity index (χ2n) is 7.93. The Balaban J connectivity index is 1.76. The summed E-state index contributed by atoms with van der Waals surface area (Å²) in [6, 6.07) is 10.1. The molecule has 3 amide bonds. The molecule has 0 fully saturated rings. The highest BCUT2D eigenvalue weighted by Crippen LogP contribution is 2.34. The van der Waals surface area contributed by atoms with Gasteiger partial charge < -0.3 is 14.8 Å². The van der Waals surface area contributed by atoms with Crippen LogP contribution >= 0.6 is 0 Å². The Hall–Kier alpha value is -4.15. The molecule has 2 aromatic rings. The number of hydrogen-bond acceptors (Lipinski definition) is 7. The van der Waals surface area contributed by atoms with E-state index in [1.165, 1.54) is 35.2 Å². The number of anilines is 3. The Bertz CT molecular complexity index is 1080. The number of carbonyl (C=O) groups excluding carboxylic acids is 3. The smallest absolute Gasteiger partial charge is 0.412 e. The van der Waals surface area contributed by atoms with Crippen LogP contribution in [0.15, 0.2) is 42.5 Å². The number of carbonyl (C=O) groups is 3. The summed E-state index contributed by atoms with van der Waals surface area (Å²) in [5.74, 6) is -0.652. The van der Waals surface area contributed by atoms with Crippen molar-refractivity contribution in [2.24, 2.45) is 0 Å². The fourth-order valence-corrected chi connectivity index (χ4v) is 2.92. The van der Waals surface area contributed by atoms with Gasteiger partial charge in [0.2, 0.25) is 5.91 Å². The van der Waals surface area contributed by atoms with Crippen molar-refractivity contribution in [2.45, 2.75) is 26.4 Å². The van der Waals surface area contributed by atoms with Crippen molar-refractivity contribution in [3.8, 4) is 5.75 Å². The first kappa shape index (κ1) is 22.5. The van der Waals surface area contributed by atoms with Gasteiger partial charge in [0.05, 0.1) is 10.6 Å². The summed E-state index contributed by atoms with van der Waals surface area (Å²) < 4.78 is 10.6. The van der Waals surface area contributed by atoms with Crippen molar-refractivity contribution in [1.82, 2.24) is 0 Å². The van der Waals surface area contributed by atoms with Crippen molar-refractivity contribution in [1.29, 1.82) is 0 Å². The third-order valence-electron chi connectivity index (χ3n) is 4.19. The largest absolute Gasteiger partial charge is 0.482 e. The summed E-state index contributed by atoms with van der Waals surface area (Å²) in [5, 5.41) is 16.0. The minimum absolute atomic E-state index is 0.173. The molecule has 0 unspecified atom stereocenters. The zero-order valence-electron chi connectivity index (χ0n) is 17.7. The van der Waals surface area contributed by atoms with Crippen LogP contribution in [0.2, 0.25) is 0 Å². The van der Waals surface area contributed by atoms with E-state index in [1.54, 1.807) is 32.9 Å². The molecule has 1 aliphatic heterocycles. The minimum Gasteiger partial charge on any atom is -0.482 e. The molecule has 0 aliphatic carbocycles. The minimum atomic E-state index is -0.687. The lowest BCUT2D eigenvalue weighted by molar-refractivity contribution is -0.384. The van der Waals surface area contributed by atoms with E-state index in [-0.39, 0.29) is 24.5 Å². The second kappa shape index (κ2) is 8.92. The van der Waals surface area contributed by atoms with Crippen LogP contribution in [0, 0.1) is 10.1 Å². The van der Waals surface area contributed by atoms with Crippen LogP contribution in [-0.2, 0) is 14.3 Å². The predicted octanol–water partition coefficient (Wildman–Crippen LogP) is 3.31. The Morgan fingerprint density at radius 3 is 2.56 bits per heavy atom.